The first-order chi connectivity index (χ1) is 11.5. The van der Waals surface area contributed by atoms with Crippen molar-refractivity contribution in [2.24, 2.45) is 0 Å². The van der Waals surface area contributed by atoms with Crippen molar-refractivity contribution >= 4 is 32.4 Å². The summed E-state index contributed by atoms with van der Waals surface area (Å²) in [5.41, 5.74) is 3.23. The van der Waals surface area contributed by atoms with Crippen molar-refractivity contribution in [2.75, 3.05) is 13.1 Å². The van der Waals surface area contributed by atoms with Crippen LogP contribution >= 0.6 is 11.3 Å². The maximum atomic E-state index is 12.6. The molecular formula is C17H19N3O2S2. The first-order valence-corrected chi connectivity index (χ1v) is 10.4. The second-order valence-electron chi connectivity index (χ2n) is 6.25. The summed E-state index contributed by atoms with van der Waals surface area (Å²) in [7, 11) is -3.33. The molecule has 0 aliphatic carbocycles. The van der Waals surface area contributed by atoms with E-state index in [1.165, 1.54) is 16.9 Å². The van der Waals surface area contributed by atoms with Gasteiger partial charge in [0.1, 0.15) is 10.0 Å². The molecule has 2 aromatic heterocycles. The van der Waals surface area contributed by atoms with Crippen molar-refractivity contribution in [2.45, 2.75) is 29.9 Å². The van der Waals surface area contributed by atoms with Gasteiger partial charge in [-0.05, 0) is 48.9 Å². The van der Waals surface area contributed by atoms with Gasteiger partial charge < -0.3 is 4.98 Å². The van der Waals surface area contributed by atoms with Gasteiger partial charge in [0.15, 0.2) is 0 Å². The predicted molar refractivity (Wildman–Crippen MR) is 95.9 cm³/mol. The van der Waals surface area contributed by atoms with Gasteiger partial charge in [0.2, 0.25) is 0 Å². The summed E-state index contributed by atoms with van der Waals surface area (Å²) < 4.78 is 27.2. The van der Waals surface area contributed by atoms with Crippen molar-refractivity contribution in [3.05, 3.63) is 47.1 Å². The molecule has 0 unspecified atom stereocenters. The maximum Gasteiger partial charge on any atom is 0.252 e. The molecule has 5 nitrogen and oxygen atoms in total. The predicted octanol–water partition coefficient (Wildman–Crippen LogP) is 3.50. The number of hydrogen-bond acceptors (Lipinski definition) is 4. The molecule has 126 valence electrons. The van der Waals surface area contributed by atoms with E-state index in [2.05, 4.69) is 24.0 Å². The first-order valence-electron chi connectivity index (χ1n) is 8.04. The van der Waals surface area contributed by atoms with Crippen LogP contribution in [0.4, 0.5) is 0 Å². The summed E-state index contributed by atoms with van der Waals surface area (Å²) >= 11 is 1.28. The van der Waals surface area contributed by atoms with E-state index < -0.39 is 10.0 Å². The van der Waals surface area contributed by atoms with E-state index in [1.54, 1.807) is 21.8 Å². The van der Waals surface area contributed by atoms with Gasteiger partial charge in [0, 0.05) is 19.0 Å². The van der Waals surface area contributed by atoms with Crippen LogP contribution in [0.2, 0.25) is 0 Å². The SMILES string of the molecule is Cc1ccc2nc(C3CCN(S(=O)(=O)c4cccs4)CC3)[nH]c2c1. The topological polar surface area (TPSA) is 66.1 Å². The van der Waals surface area contributed by atoms with E-state index >= 15 is 0 Å². The van der Waals surface area contributed by atoms with Crippen LogP contribution < -0.4 is 0 Å². The minimum Gasteiger partial charge on any atom is -0.342 e. The lowest BCUT2D eigenvalue weighted by atomic mass is 9.97. The summed E-state index contributed by atoms with van der Waals surface area (Å²) in [6.07, 6.45) is 1.59. The summed E-state index contributed by atoms with van der Waals surface area (Å²) in [6, 6.07) is 9.64. The standard InChI is InChI=1S/C17H19N3O2S2/c1-12-4-5-14-15(11-12)19-17(18-14)13-6-8-20(9-7-13)24(21,22)16-3-2-10-23-16/h2-5,10-11,13H,6-9H2,1H3,(H,18,19). The summed E-state index contributed by atoms with van der Waals surface area (Å²) in [5.74, 6) is 1.26. The number of nitrogens with zero attached hydrogens (tertiary/aromatic N) is 2. The number of thiophene rings is 1. The number of aryl methyl sites for hydroxylation is 1. The Hall–Kier alpha value is -1.70. The fourth-order valence-corrected chi connectivity index (χ4v) is 5.86. The van der Waals surface area contributed by atoms with E-state index in [9.17, 15) is 8.42 Å². The Kier molecular flexibility index (Phi) is 3.94. The molecule has 4 rings (SSSR count). The van der Waals surface area contributed by atoms with Crippen molar-refractivity contribution < 1.29 is 8.42 Å². The summed E-state index contributed by atoms with van der Waals surface area (Å²) in [6.45, 7) is 3.15. The average Bonchev–Trinajstić information content (AvgIpc) is 3.24. The Labute approximate surface area is 145 Å². The molecule has 0 radical (unpaired) electrons. The third-order valence-corrected chi connectivity index (χ3v) is 7.86. The normalized spacial score (nSPS) is 17.5. The minimum atomic E-state index is -3.33. The highest BCUT2D eigenvalue weighted by Gasteiger charge is 2.31. The third kappa shape index (κ3) is 2.76. The van der Waals surface area contributed by atoms with Gasteiger partial charge in [-0.15, -0.1) is 11.3 Å². The second kappa shape index (κ2) is 5.98. The lowest BCUT2D eigenvalue weighted by Gasteiger charge is -2.29. The highest BCUT2D eigenvalue weighted by molar-refractivity contribution is 7.91. The second-order valence-corrected chi connectivity index (χ2v) is 9.37. The average molecular weight is 361 g/mol. The zero-order valence-electron chi connectivity index (χ0n) is 13.4. The van der Waals surface area contributed by atoms with Gasteiger partial charge >= 0.3 is 0 Å². The van der Waals surface area contributed by atoms with Crippen LogP contribution in [0.15, 0.2) is 39.9 Å². The van der Waals surface area contributed by atoms with Crippen molar-refractivity contribution in [3.63, 3.8) is 0 Å². The van der Waals surface area contributed by atoms with Crippen LogP contribution in [0.1, 0.15) is 30.1 Å². The zero-order chi connectivity index (χ0) is 16.7. The lowest BCUT2D eigenvalue weighted by molar-refractivity contribution is 0.315. The Balaban J connectivity index is 1.51. The number of H-pyrrole nitrogens is 1. The number of imidazole rings is 1. The van der Waals surface area contributed by atoms with Gasteiger partial charge in [0.05, 0.1) is 11.0 Å². The maximum absolute atomic E-state index is 12.6. The Morgan fingerprint density at radius 1 is 1.25 bits per heavy atom. The van der Waals surface area contributed by atoms with Crippen molar-refractivity contribution in [1.29, 1.82) is 0 Å². The summed E-state index contributed by atoms with van der Waals surface area (Å²) in [5, 5.41) is 1.80. The highest BCUT2D eigenvalue weighted by atomic mass is 32.2. The largest absolute Gasteiger partial charge is 0.342 e. The summed E-state index contributed by atoms with van der Waals surface area (Å²) in [4.78, 5) is 8.10. The Morgan fingerprint density at radius 3 is 2.75 bits per heavy atom. The van der Waals surface area contributed by atoms with Crippen LogP contribution in [0, 0.1) is 6.92 Å². The van der Waals surface area contributed by atoms with Crippen LogP contribution in [-0.4, -0.2) is 35.8 Å². The van der Waals surface area contributed by atoms with E-state index in [4.69, 9.17) is 4.98 Å². The number of aromatic amines is 1. The van der Waals surface area contributed by atoms with E-state index in [1.807, 2.05) is 6.07 Å². The molecule has 1 aliphatic heterocycles. The van der Waals surface area contributed by atoms with E-state index in [-0.39, 0.29) is 5.92 Å². The minimum absolute atomic E-state index is 0.285. The van der Waals surface area contributed by atoms with Gasteiger partial charge in [-0.25, -0.2) is 13.4 Å². The molecule has 0 bridgehead atoms. The molecule has 24 heavy (non-hydrogen) atoms. The zero-order valence-corrected chi connectivity index (χ0v) is 15.0. The molecule has 1 aromatic carbocycles. The molecular weight excluding hydrogens is 342 g/mol. The molecule has 1 fully saturated rings. The molecule has 1 N–H and O–H groups in total. The van der Waals surface area contributed by atoms with Crippen molar-refractivity contribution in [1.82, 2.24) is 14.3 Å². The third-order valence-electron chi connectivity index (χ3n) is 4.59. The molecule has 7 heteroatoms. The van der Waals surface area contributed by atoms with E-state index in [0.29, 0.717) is 17.3 Å². The number of aromatic nitrogens is 2. The molecule has 0 amide bonds. The quantitative estimate of drug-likeness (QED) is 0.776. The monoisotopic (exact) mass is 361 g/mol. The Morgan fingerprint density at radius 2 is 2.04 bits per heavy atom. The lowest BCUT2D eigenvalue weighted by Crippen LogP contribution is -2.37. The fraction of sp³-hybridized carbons (Fsp3) is 0.353. The smallest absolute Gasteiger partial charge is 0.252 e. The molecule has 1 aliphatic rings. The van der Waals surface area contributed by atoms with Crippen LogP contribution in [-0.2, 0) is 10.0 Å². The Bertz CT molecular complexity index is 953. The number of fused-ring (bicyclic) bond motifs is 1. The number of hydrogen-bond donors (Lipinski definition) is 1. The van der Waals surface area contributed by atoms with Crippen LogP contribution in [0.3, 0.4) is 0 Å². The molecule has 3 aromatic rings. The number of piperidine rings is 1. The number of nitrogens with one attached hydrogen (secondary N) is 1. The number of rotatable bonds is 3. The molecule has 3 heterocycles. The van der Waals surface area contributed by atoms with E-state index in [0.717, 1.165) is 29.7 Å². The van der Waals surface area contributed by atoms with Gasteiger partial charge in [-0.2, -0.15) is 4.31 Å². The van der Waals surface area contributed by atoms with Gasteiger partial charge in [-0.3, -0.25) is 0 Å². The molecule has 0 saturated carbocycles. The van der Waals surface area contributed by atoms with Crippen molar-refractivity contribution in [3.8, 4) is 0 Å². The van der Waals surface area contributed by atoms with Crippen LogP contribution in [0.5, 0.6) is 0 Å². The molecule has 0 spiro atoms. The van der Waals surface area contributed by atoms with Gasteiger partial charge in [0.25, 0.3) is 10.0 Å². The highest BCUT2D eigenvalue weighted by Crippen LogP contribution is 2.31. The fourth-order valence-electron chi connectivity index (χ4n) is 3.24. The first kappa shape index (κ1) is 15.8. The number of benzene rings is 1. The van der Waals surface area contributed by atoms with Gasteiger partial charge in [-0.1, -0.05) is 12.1 Å². The molecule has 1 saturated heterocycles. The molecule has 0 atom stereocenters. The number of sulfonamides is 1. The van der Waals surface area contributed by atoms with Crippen LogP contribution in [0.25, 0.3) is 11.0 Å².